The Morgan fingerprint density at radius 1 is 1.08 bits per heavy atom. The van der Waals surface area contributed by atoms with Gasteiger partial charge >= 0.3 is 5.97 Å². The lowest BCUT2D eigenvalue weighted by atomic mass is 10.1. The van der Waals surface area contributed by atoms with Gasteiger partial charge in [-0.15, -0.1) is 11.3 Å². The minimum atomic E-state index is -0.917. The number of Topliss-reactive ketones (excluding diaryl/α,β-unsaturated/α-hetero) is 1. The van der Waals surface area contributed by atoms with Crippen molar-refractivity contribution in [3.05, 3.63) is 51.4 Å². The van der Waals surface area contributed by atoms with Gasteiger partial charge in [-0.05, 0) is 33.3 Å². The molecule has 1 amide bonds. The fraction of sp³-hybridized carbons (Fsp3) is 0.316. The summed E-state index contributed by atoms with van der Waals surface area (Å²) in [6, 6.07) is 7.10. The van der Waals surface area contributed by atoms with Gasteiger partial charge in [0.15, 0.2) is 6.10 Å². The van der Waals surface area contributed by atoms with Crippen LogP contribution >= 0.6 is 11.3 Å². The van der Waals surface area contributed by atoms with E-state index in [-0.39, 0.29) is 11.7 Å². The molecule has 0 saturated carbocycles. The number of ether oxygens (including phenoxy) is 1. The summed E-state index contributed by atoms with van der Waals surface area (Å²) in [5.41, 5.74) is 2.59. The molecular formula is C19H21NO4S. The molecule has 0 aliphatic rings. The molecule has 1 N–H and O–H groups in total. The first kappa shape index (κ1) is 18.9. The predicted octanol–water partition coefficient (Wildman–Crippen LogP) is 4.06. The Bertz CT molecular complexity index is 821. The average Bonchev–Trinajstić information content (AvgIpc) is 2.80. The van der Waals surface area contributed by atoms with E-state index in [0.717, 1.165) is 16.0 Å². The number of carbonyl (C=O) groups is 3. The molecule has 0 fully saturated rings. The normalized spacial score (nSPS) is 11.7. The second kappa shape index (κ2) is 7.61. The van der Waals surface area contributed by atoms with Crippen LogP contribution in [0, 0.1) is 20.8 Å². The highest BCUT2D eigenvalue weighted by Gasteiger charge is 2.26. The topological polar surface area (TPSA) is 72.5 Å². The maximum absolute atomic E-state index is 12.6. The van der Waals surface area contributed by atoms with Crippen molar-refractivity contribution < 1.29 is 19.1 Å². The summed E-state index contributed by atoms with van der Waals surface area (Å²) in [5, 5.41) is 3.10. The molecule has 25 heavy (non-hydrogen) atoms. The van der Waals surface area contributed by atoms with Crippen molar-refractivity contribution >= 4 is 34.0 Å². The molecule has 5 nitrogen and oxygen atoms in total. The molecule has 6 heteroatoms. The van der Waals surface area contributed by atoms with Crippen LogP contribution in [0.4, 0.5) is 5.00 Å². The van der Waals surface area contributed by atoms with Crippen LogP contribution in [0.1, 0.15) is 50.6 Å². The molecule has 0 bridgehead atoms. The highest BCUT2D eigenvalue weighted by molar-refractivity contribution is 7.16. The molecule has 0 saturated heterocycles. The van der Waals surface area contributed by atoms with Crippen LogP contribution in [0.5, 0.6) is 0 Å². The summed E-state index contributed by atoms with van der Waals surface area (Å²) < 4.78 is 5.37. The number of benzene rings is 1. The zero-order chi connectivity index (χ0) is 18.7. The Balaban J connectivity index is 2.20. The van der Waals surface area contributed by atoms with Crippen molar-refractivity contribution in [1.29, 1.82) is 0 Å². The lowest BCUT2D eigenvalue weighted by Gasteiger charge is -2.13. The van der Waals surface area contributed by atoms with Crippen molar-refractivity contribution in [3.8, 4) is 0 Å². The van der Waals surface area contributed by atoms with Gasteiger partial charge in [0.25, 0.3) is 0 Å². The monoisotopic (exact) mass is 359 g/mol. The van der Waals surface area contributed by atoms with Crippen LogP contribution in [0.15, 0.2) is 24.3 Å². The van der Waals surface area contributed by atoms with Crippen molar-refractivity contribution in [2.45, 2.75) is 40.7 Å². The highest BCUT2D eigenvalue weighted by Crippen LogP contribution is 2.33. The standard InChI is InChI=1S/C19H21NO4S/c1-10-6-8-15(9-7-10)17(22)12(3)24-19(23)16-11(2)13(4)25-18(16)20-14(5)21/h6-9,12H,1-5H3,(H,20,21)/t12-/m0/s1. The zero-order valence-corrected chi connectivity index (χ0v) is 15.7. The SMILES string of the molecule is CC(=O)Nc1sc(C)c(C)c1C(=O)O[C@@H](C)C(=O)c1ccc(C)cc1. The molecular weight excluding hydrogens is 338 g/mol. The first-order valence-electron chi connectivity index (χ1n) is 7.90. The summed E-state index contributed by atoms with van der Waals surface area (Å²) in [7, 11) is 0. The lowest BCUT2D eigenvalue weighted by Crippen LogP contribution is -2.25. The molecule has 0 aliphatic carbocycles. The number of amides is 1. The van der Waals surface area contributed by atoms with Gasteiger partial charge in [0.1, 0.15) is 5.00 Å². The van der Waals surface area contributed by atoms with Gasteiger partial charge in [-0.25, -0.2) is 4.79 Å². The average molecular weight is 359 g/mol. The quantitative estimate of drug-likeness (QED) is 0.645. The van der Waals surface area contributed by atoms with Crippen LogP contribution in [-0.2, 0) is 9.53 Å². The first-order valence-corrected chi connectivity index (χ1v) is 8.71. The Hall–Kier alpha value is -2.47. The third-order valence-corrected chi connectivity index (χ3v) is 4.99. The number of ketones is 1. The van der Waals surface area contributed by atoms with Crippen molar-refractivity contribution in [1.82, 2.24) is 0 Å². The Morgan fingerprint density at radius 2 is 1.68 bits per heavy atom. The molecule has 0 spiro atoms. The van der Waals surface area contributed by atoms with E-state index in [1.54, 1.807) is 26.0 Å². The van der Waals surface area contributed by atoms with E-state index >= 15 is 0 Å². The maximum Gasteiger partial charge on any atom is 0.342 e. The van der Waals surface area contributed by atoms with Gasteiger partial charge in [-0.3, -0.25) is 9.59 Å². The molecule has 132 valence electrons. The zero-order valence-electron chi connectivity index (χ0n) is 14.9. The summed E-state index contributed by atoms with van der Waals surface area (Å²) >= 11 is 1.31. The molecule has 1 aromatic heterocycles. The molecule has 2 aromatic rings. The summed E-state index contributed by atoms with van der Waals surface area (Å²) in [6.07, 6.45) is -0.917. The number of thiophene rings is 1. The third-order valence-electron chi connectivity index (χ3n) is 3.87. The number of esters is 1. The summed E-state index contributed by atoms with van der Waals surface area (Å²) in [6.45, 7) is 8.52. The second-order valence-electron chi connectivity index (χ2n) is 5.95. The van der Waals surface area contributed by atoms with Crippen LogP contribution in [0.3, 0.4) is 0 Å². The van der Waals surface area contributed by atoms with E-state index in [4.69, 9.17) is 4.74 Å². The van der Waals surface area contributed by atoms with Crippen LogP contribution in [-0.4, -0.2) is 23.8 Å². The number of carbonyl (C=O) groups excluding carboxylic acids is 3. The number of hydrogen-bond acceptors (Lipinski definition) is 5. The number of rotatable bonds is 5. The number of hydrogen-bond donors (Lipinski definition) is 1. The van der Waals surface area contributed by atoms with Gasteiger partial charge in [0.05, 0.1) is 5.56 Å². The van der Waals surface area contributed by atoms with E-state index < -0.39 is 12.1 Å². The Morgan fingerprint density at radius 3 is 2.24 bits per heavy atom. The molecule has 1 heterocycles. The van der Waals surface area contributed by atoms with E-state index in [1.165, 1.54) is 18.3 Å². The van der Waals surface area contributed by atoms with Crippen LogP contribution < -0.4 is 5.32 Å². The molecule has 1 aromatic carbocycles. The van der Waals surface area contributed by atoms with Gasteiger partial charge < -0.3 is 10.1 Å². The van der Waals surface area contributed by atoms with Gasteiger partial charge in [0, 0.05) is 17.4 Å². The van der Waals surface area contributed by atoms with Gasteiger partial charge in [-0.2, -0.15) is 0 Å². The minimum Gasteiger partial charge on any atom is -0.451 e. The van der Waals surface area contributed by atoms with E-state index in [0.29, 0.717) is 16.1 Å². The number of nitrogens with one attached hydrogen (secondary N) is 1. The van der Waals surface area contributed by atoms with Gasteiger partial charge in [-0.1, -0.05) is 29.8 Å². The number of aryl methyl sites for hydroxylation is 2. The fourth-order valence-electron chi connectivity index (χ4n) is 2.35. The molecule has 0 unspecified atom stereocenters. The second-order valence-corrected chi connectivity index (χ2v) is 7.17. The summed E-state index contributed by atoms with van der Waals surface area (Å²) in [4.78, 5) is 37.2. The highest BCUT2D eigenvalue weighted by atomic mass is 32.1. The van der Waals surface area contributed by atoms with E-state index in [9.17, 15) is 14.4 Å². The Labute approximate surface area is 151 Å². The van der Waals surface area contributed by atoms with Crippen molar-refractivity contribution in [2.24, 2.45) is 0 Å². The van der Waals surface area contributed by atoms with E-state index in [2.05, 4.69) is 5.32 Å². The molecule has 1 atom stereocenters. The fourth-order valence-corrected chi connectivity index (χ4v) is 3.44. The summed E-state index contributed by atoms with van der Waals surface area (Å²) in [5.74, 6) is -1.14. The molecule has 2 rings (SSSR count). The largest absolute Gasteiger partial charge is 0.451 e. The smallest absolute Gasteiger partial charge is 0.342 e. The minimum absolute atomic E-state index is 0.265. The van der Waals surface area contributed by atoms with Crippen molar-refractivity contribution in [2.75, 3.05) is 5.32 Å². The molecule has 0 radical (unpaired) electrons. The van der Waals surface area contributed by atoms with Crippen LogP contribution in [0.25, 0.3) is 0 Å². The predicted molar refractivity (Wildman–Crippen MR) is 98.5 cm³/mol. The number of anilines is 1. The van der Waals surface area contributed by atoms with Crippen LogP contribution in [0.2, 0.25) is 0 Å². The molecule has 0 aliphatic heterocycles. The lowest BCUT2D eigenvalue weighted by molar-refractivity contribution is -0.114. The Kier molecular flexibility index (Phi) is 5.74. The van der Waals surface area contributed by atoms with E-state index in [1.807, 2.05) is 26.0 Å². The third kappa shape index (κ3) is 4.33. The van der Waals surface area contributed by atoms with Crippen molar-refractivity contribution in [3.63, 3.8) is 0 Å². The first-order chi connectivity index (χ1) is 11.7. The van der Waals surface area contributed by atoms with Gasteiger partial charge in [0.2, 0.25) is 11.7 Å². The maximum atomic E-state index is 12.6.